The second kappa shape index (κ2) is 4.68. The number of rotatable bonds is 1. The maximum Gasteiger partial charge on any atom is 0.265 e. The first-order valence-corrected chi connectivity index (χ1v) is 6.68. The van der Waals surface area contributed by atoms with Crippen LogP contribution in [-0.2, 0) is 0 Å². The van der Waals surface area contributed by atoms with Gasteiger partial charge in [0.05, 0.1) is 10.0 Å². The van der Waals surface area contributed by atoms with E-state index in [1.54, 1.807) is 12.4 Å². The Morgan fingerprint density at radius 3 is 2.20 bits per heavy atom. The van der Waals surface area contributed by atoms with Gasteiger partial charge in [0, 0.05) is 18.5 Å². The second-order valence-electron chi connectivity index (χ2n) is 4.42. The highest BCUT2D eigenvalue weighted by atomic mass is 79.9. The molecule has 0 atom stereocenters. The third kappa shape index (κ3) is 2.06. The van der Waals surface area contributed by atoms with Crippen LogP contribution in [0.4, 0.5) is 0 Å². The highest BCUT2D eigenvalue weighted by Crippen LogP contribution is 2.32. The minimum absolute atomic E-state index is 0.114. The lowest BCUT2D eigenvalue weighted by Crippen LogP contribution is -2.09. The smallest absolute Gasteiger partial charge is 0.265 e. The van der Waals surface area contributed by atoms with Crippen LogP contribution in [0.3, 0.4) is 0 Å². The molecule has 3 rings (SSSR count). The number of carbonyl (C=O) groups excluding carboxylic acids is 1. The summed E-state index contributed by atoms with van der Waals surface area (Å²) in [4.78, 5) is 12.4. The van der Waals surface area contributed by atoms with Crippen LogP contribution in [0, 0.1) is 0 Å². The van der Waals surface area contributed by atoms with Gasteiger partial charge in [0.2, 0.25) is 0 Å². The van der Waals surface area contributed by atoms with Gasteiger partial charge in [0.1, 0.15) is 11.5 Å². The number of benzene rings is 2. The first kappa shape index (κ1) is 12.7. The van der Waals surface area contributed by atoms with E-state index in [0.717, 1.165) is 16.8 Å². The fourth-order valence-corrected chi connectivity index (χ4v) is 2.40. The molecule has 0 saturated carbocycles. The Balaban J connectivity index is 2.10. The number of fused-ring (bicyclic) bond motifs is 1. The average Bonchev–Trinajstić information content (AvgIpc) is 2.86. The number of aromatic hydroxyl groups is 2. The van der Waals surface area contributed by atoms with E-state index in [0.29, 0.717) is 4.47 Å². The average molecular weight is 332 g/mol. The number of halogens is 1. The molecule has 2 aromatic carbocycles. The van der Waals surface area contributed by atoms with Crippen molar-refractivity contribution in [1.29, 1.82) is 0 Å². The van der Waals surface area contributed by atoms with Gasteiger partial charge in [0.15, 0.2) is 0 Å². The lowest BCUT2D eigenvalue weighted by Gasteiger charge is -2.06. The van der Waals surface area contributed by atoms with E-state index in [1.165, 1.54) is 10.6 Å². The zero-order chi connectivity index (χ0) is 14.3. The first-order valence-electron chi connectivity index (χ1n) is 5.89. The Morgan fingerprint density at radius 2 is 1.60 bits per heavy atom. The molecule has 3 aromatic rings. The maximum atomic E-state index is 12.4. The molecule has 4 nitrogen and oxygen atoms in total. The quantitative estimate of drug-likeness (QED) is 0.717. The molecule has 20 heavy (non-hydrogen) atoms. The molecule has 0 amide bonds. The largest absolute Gasteiger partial charge is 0.507 e. The van der Waals surface area contributed by atoms with Crippen LogP contribution in [0.2, 0.25) is 0 Å². The Kier molecular flexibility index (Phi) is 2.99. The summed E-state index contributed by atoms with van der Waals surface area (Å²) < 4.78 is 1.78. The minimum Gasteiger partial charge on any atom is -0.507 e. The van der Waals surface area contributed by atoms with Gasteiger partial charge in [-0.05, 0) is 32.8 Å². The number of hydrogen-bond donors (Lipinski definition) is 2. The summed E-state index contributed by atoms with van der Waals surface area (Å²) in [6.45, 7) is 0. The lowest BCUT2D eigenvalue weighted by molar-refractivity contribution is 0.0958. The highest BCUT2D eigenvalue weighted by Gasteiger charge is 2.16. The number of hydrogen-bond acceptors (Lipinski definition) is 3. The molecule has 5 heteroatoms. The lowest BCUT2D eigenvalue weighted by atomic mass is 10.2. The third-order valence-corrected chi connectivity index (χ3v) is 3.72. The summed E-state index contributed by atoms with van der Waals surface area (Å²) in [5, 5.41) is 21.2. The van der Waals surface area contributed by atoms with Crippen molar-refractivity contribution in [1.82, 2.24) is 4.57 Å². The standard InChI is InChI=1S/C15H10BrNO3/c16-12-5-11(13(18)6-14(12)19)15(20)17-7-9-3-1-2-4-10(9)8-17/h1-8,18-19H. The number of nitrogens with zero attached hydrogens (tertiary/aromatic N) is 1. The van der Waals surface area contributed by atoms with Gasteiger partial charge in [-0.3, -0.25) is 9.36 Å². The molecule has 0 fully saturated rings. The van der Waals surface area contributed by atoms with Gasteiger partial charge in [-0.15, -0.1) is 0 Å². The van der Waals surface area contributed by atoms with E-state index in [-0.39, 0.29) is 23.0 Å². The van der Waals surface area contributed by atoms with E-state index in [4.69, 9.17) is 0 Å². The van der Waals surface area contributed by atoms with Crippen LogP contribution >= 0.6 is 15.9 Å². The minimum atomic E-state index is -0.362. The molecular weight excluding hydrogens is 322 g/mol. The fourth-order valence-electron chi connectivity index (χ4n) is 2.06. The van der Waals surface area contributed by atoms with Crippen molar-refractivity contribution in [2.24, 2.45) is 0 Å². The van der Waals surface area contributed by atoms with Crippen molar-refractivity contribution in [3.05, 3.63) is 58.8 Å². The van der Waals surface area contributed by atoms with Crippen LogP contribution in [0.15, 0.2) is 53.3 Å². The number of aromatic nitrogens is 1. The predicted octanol–water partition coefficient (Wildman–Crippen LogP) is 3.50. The van der Waals surface area contributed by atoms with Crippen LogP contribution in [0.5, 0.6) is 11.5 Å². The molecular formula is C15H10BrNO3. The van der Waals surface area contributed by atoms with Crippen molar-refractivity contribution in [3.8, 4) is 11.5 Å². The van der Waals surface area contributed by atoms with Gasteiger partial charge in [-0.25, -0.2) is 0 Å². The Hall–Kier alpha value is -2.27. The molecule has 0 aliphatic carbocycles. The number of phenolic OH excluding ortho intramolecular Hbond substituents is 2. The SMILES string of the molecule is O=C(c1cc(Br)c(O)cc1O)n1cc2ccccc2c1. The van der Waals surface area contributed by atoms with Crippen molar-refractivity contribution in [2.75, 3.05) is 0 Å². The Morgan fingerprint density at radius 1 is 1.00 bits per heavy atom. The third-order valence-electron chi connectivity index (χ3n) is 3.08. The van der Waals surface area contributed by atoms with E-state index in [1.807, 2.05) is 24.3 Å². The van der Waals surface area contributed by atoms with Gasteiger partial charge < -0.3 is 10.2 Å². The molecule has 2 N–H and O–H groups in total. The zero-order valence-corrected chi connectivity index (χ0v) is 11.8. The van der Waals surface area contributed by atoms with Gasteiger partial charge >= 0.3 is 0 Å². The number of phenols is 2. The van der Waals surface area contributed by atoms with E-state index in [2.05, 4.69) is 15.9 Å². The molecule has 0 bridgehead atoms. The van der Waals surface area contributed by atoms with E-state index >= 15 is 0 Å². The topological polar surface area (TPSA) is 62.5 Å². The van der Waals surface area contributed by atoms with Crippen LogP contribution in [-0.4, -0.2) is 20.7 Å². The summed E-state index contributed by atoms with van der Waals surface area (Å²) in [7, 11) is 0. The Labute approximate surface area is 123 Å². The van der Waals surface area contributed by atoms with Gasteiger partial charge in [-0.2, -0.15) is 0 Å². The van der Waals surface area contributed by atoms with Gasteiger partial charge in [-0.1, -0.05) is 24.3 Å². The maximum absolute atomic E-state index is 12.4. The molecule has 0 saturated heterocycles. The summed E-state index contributed by atoms with van der Waals surface area (Å²) in [6, 6.07) is 10.1. The Bertz CT molecular complexity index is 790. The zero-order valence-electron chi connectivity index (χ0n) is 10.2. The van der Waals surface area contributed by atoms with E-state index in [9.17, 15) is 15.0 Å². The van der Waals surface area contributed by atoms with Crippen molar-refractivity contribution in [2.45, 2.75) is 0 Å². The van der Waals surface area contributed by atoms with Crippen LogP contribution in [0.25, 0.3) is 10.8 Å². The molecule has 1 heterocycles. The second-order valence-corrected chi connectivity index (χ2v) is 5.27. The van der Waals surface area contributed by atoms with Crippen molar-refractivity contribution < 1.29 is 15.0 Å². The summed E-state index contributed by atoms with van der Waals surface area (Å²) in [5.74, 6) is -0.732. The molecule has 0 unspecified atom stereocenters. The molecule has 0 radical (unpaired) electrons. The molecule has 0 aliphatic rings. The summed E-state index contributed by atoms with van der Waals surface area (Å²) in [5.41, 5.74) is 0.120. The highest BCUT2D eigenvalue weighted by molar-refractivity contribution is 9.10. The van der Waals surface area contributed by atoms with Crippen molar-refractivity contribution >= 4 is 32.6 Å². The van der Waals surface area contributed by atoms with Crippen LogP contribution < -0.4 is 0 Å². The van der Waals surface area contributed by atoms with Gasteiger partial charge in [0.25, 0.3) is 5.91 Å². The fraction of sp³-hybridized carbons (Fsp3) is 0. The van der Waals surface area contributed by atoms with Crippen LogP contribution in [0.1, 0.15) is 10.4 Å². The normalized spacial score (nSPS) is 10.8. The molecule has 0 spiro atoms. The molecule has 100 valence electrons. The first-order chi connectivity index (χ1) is 9.56. The summed E-state index contributed by atoms with van der Waals surface area (Å²) >= 11 is 3.13. The predicted molar refractivity (Wildman–Crippen MR) is 79.1 cm³/mol. The molecule has 1 aromatic heterocycles. The molecule has 0 aliphatic heterocycles. The monoisotopic (exact) mass is 331 g/mol. The summed E-state index contributed by atoms with van der Waals surface area (Å²) in [6.07, 6.45) is 3.41. The van der Waals surface area contributed by atoms with Crippen molar-refractivity contribution in [3.63, 3.8) is 0 Å². The van der Waals surface area contributed by atoms with E-state index < -0.39 is 0 Å². The number of carbonyl (C=O) groups is 1.